The summed E-state index contributed by atoms with van der Waals surface area (Å²) in [4.78, 5) is 37.3. The lowest BCUT2D eigenvalue weighted by Gasteiger charge is -2.32. The predicted molar refractivity (Wildman–Crippen MR) is 115 cm³/mol. The summed E-state index contributed by atoms with van der Waals surface area (Å²) in [6.45, 7) is 2.64. The van der Waals surface area contributed by atoms with Crippen molar-refractivity contribution in [2.75, 3.05) is 25.0 Å². The van der Waals surface area contributed by atoms with Gasteiger partial charge in [-0.05, 0) is 48.4 Å². The zero-order valence-corrected chi connectivity index (χ0v) is 17.3. The molecule has 3 rings (SSSR count). The molecule has 6 heteroatoms. The Hall–Kier alpha value is -3.15. The van der Waals surface area contributed by atoms with Gasteiger partial charge in [0, 0.05) is 25.7 Å². The molecule has 0 unspecified atom stereocenters. The number of amides is 2. The third-order valence-electron chi connectivity index (χ3n) is 5.31. The molecule has 6 nitrogen and oxygen atoms in total. The van der Waals surface area contributed by atoms with Crippen molar-refractivity contribution in [2.45, 2.75) is 32.6 Å². The van der Waals surface area contributed by atoms with Crippen LogP contribution in [0.5, 0.6) is 0 Å². The molecule has 1 aliphatic rings. The van der Waals surface area contributed by atoms with E-state index in [4.69, 9.17) is 4.74 Å². The van der Waals surface area contributed by atoms with Crippen molar-refractivity contribution >= 4 is 23.5 Å². The van der Waals surface area contributed by atoms with Crippen molar-refractivity contribution in [1.29, 1.82) is 0 Å². The van der Waals surface area contributed by atoms with Gasteiger partial charge in [0.15, 0.2) is 6.61 Å². The Morgan fingerprint density at radius 3 is 2.27 bits per heavy atom. The number of carbonyl (C=O) groups is 3. The van der Waals surface area contributed by atoms with Crippen LogP contribution < -0.4 is 5.32 Å². The van der Waals surface area contributed by atoms with E-state index >= 15 is 0 Å². The van der Waals surface area contributed by atoms with Gasteiger partial charge in [-0.25, -0.2) is 0 Å². The molecule has 2 aromatic carbocycles. The molecule has 0 saturated carbocycles. The maximum absolute atomic E-state index is 12.4. The van der Waals surface area contributed by atoms with Crippen molar-refractivity contribution in [3.05, 3.63) is 65.7 Å². The van der Waals surface area contributed by atoms with E-state index in [9.17, 15) is 14.4 Å². The molecule has 0 spiro atoms. The average molecular weight is 408 g/mol. The van der Waals surface area contributed by atoms with Gasteiger partial charge in [0.1, 0.15) is 0 Å². The highest BCUT2D eigenvalue weighted by atomic mass is 16.5. The van der Waals surface area contributed by atoms with Crippen molar-refractivity contribution < 1.29 is 19.1 Å². The molecule has 0 atom stereocenters. The average Bonchev–Trinajstić information content (AvgIpc) is 2.74. The van der Waals surface area contributed by atoms with Crippen LogP contribution in [0.3, 0.4) is 0 Å². The summed E-state index contributed by atoms with van der Waals surface area (Å²) in [5.74, 6) is -0.138. The maximum atomic E-state index is 12.4. The zero-order valence-electron chi connectivity index (χ0n) is 17.3. The summed E-state index contributed by atoms with van der Waals surface area (Å²) in [7, 11) is 0. The summed E-state index contributed by atoms with van der Waals surface area (Å²) in [5.41, 5.74) is 2.77. The number of piperidine rings is 1. The largest absolute Gasteiger partial charge is 0.455 e. The van der Waals surface area contributed by atoms with Crippen LogP contribution in [0.1, 0.15) is 30.9 Å². The maximum Gasteiger partial charge on any atom is 0.310 e. The molecule has 0 aromatic heterocycles. The van der Waals surface area contributed by atoms with E-state index in [1.807, 2.05) is 6.07 Å². The van der Waals surface area contributed by atoms with Crippen molar-refractivity contribution in [3.8, 4) is 0 Å². The Labute approximate surface area is 177 Å². The first-order valence-electron chi connectivity index (χ1n) is 10.3. The highest BCUT2D eigenvalue weighted by Gasteiger charge is 2.23. The molecule has 2 amide bonds. The van der Waals surface area contributed by atoms with Gasteiger partial charge in [0.05, 0.1) is 6.42 Å². The van der Waals surface area contributed by atoms with E-state index in [-0.39, 0.29) is 24.8 Å². The lowest BCUT2D eigenvalue weighted by Crippen LogP contribution is -2.41. The summed E-state index contributed by atoms with van der Waals surface area (Å²) >= 11 is 0. The fourth-order valence-corrected chi connectivity index (χ4v) is 3.69. The van der Waals surface area contributed by atoms with Crippen LogP contribution in [-0.4, -0.2) is 42.4 Å². The highest BCUT2D eigenvalue weighted by Crippen LogP contribution is 2.21. The van der Waals surface area contributed by atoms with E-state index in [1.54, 1.807) is 29.2 Å². The minimum absolute atomic E-state index is 0.0901. The molecule has 1 saturated heterocycles. The molecular formula is C24H28N2O4. The van der Waals surface area contributed by atoms with Gasteiger partial charge in [0.2, 0.25) is 5.91 Å². The van der Waals surface area contributed by atoms with Crippen molar-refractivity contribution in [3.63, 3.8) is 0 Å². The van der Waals surface area contributed by atoms with Crippen molar-refractivity contribution in [1.82, 2.24) is 4.90 Å². The molecule has 1 fully saturated rings. The van der Waals surface area contributed by atoms with Gasteiger partial charge in [-0.1, -0.05) is 42.5 Å². The van der Waals surface area contributed by atoms with Crippen LogP contribution in [0.15, 0.2) is 54.6 Å². The van der Waals surface area contributed by atoms with Crippen LogP contribution in [0.2, 0.25) is 0 Å². The number of hydrogen-bond donors (Lipinski definition) is 1. The monoisotopic (exact) mass is 408 g/mol. The number of ether oxygens (including phenoxy) is 1. The summed E-state index contributed by atoms with van der Waals surface area (Å²) in [6.07, 6.45) is 3.07. The van der Waals surface area contributed by atoms with Crippen LogP contribution >= 0.6 is 0 Å². The standard InChI is InChI=1S/C24H28N2O4/c1-18(27)25-22-9-7-20(8-10-22)16-24(29)30-17-23(28)26-13-11-21(12-14-26)15-19-5-3-2-4-6-19/h2-10,21H,11-17H2,1H3,(H,25,27). The molecule has 1 heterocycles. The highest BCUT2D eigenvalue weighted by molar-refractivity contribution is 5.88. The SMILES string of the molecule is CC(=O)Nc1ccc(CC(=O)OCC(=O)N2CCC(Cc3ccccc3)CC2)cc1. The fraction of sp³-hybridized carbons (Fsp3) is 0.375. The van der Waals surface area contributed by atoms with Gasteiger partial charge in [-0.15, -0.1) is 0 Å². The van der Waals surface area contributed by atoms with E-state index in [0.29, 0.717) is 24.7 Å². The molecule has 0 radical (unpaired) electrons. The predicted octanol–water partition coefficient (Wildman–Crippen LogP) is 3.21. The lowest BCUT2D eigenvalue weighted by atomic mass is 9.90. The van der Waals surface area contributed by atoms with Gasteiger partial charge >= 0.3 is 5.97 Å². The van der Waals surface area contributed by atoms with Gasteiger partial charge in [0.25, 0.3) is 5.91 Å². The number of rotatable bonds is 7. The van der Waals surface area contributed by atoms with E-state index in [1.165, 1.54) is 12.5 Å². The number of likely N-dealkylation sites (tertiary alicyclic amines) is 1. The molecule has 0 bridgehead atoms. The number of carbonyl (C=O) groups excluding carboxylic acids is 3. The second-order valence-electron chi connectivity index (χ2n) is 7.73. The van der Waals surface area contributed by atoms with E-state index in [2.05, 4.69) is 29.6 Å². The molecule has 2 aromatic rings. The Morgan fingerprint density at radius 1 is 0.967 bits per heavy atom. The Balaban J connectivity index is 1.37. The topological polar surface area (TPSA) is 75.7 Å². The first-order chi connectivity index (χ1) is 14.5. The summed E-state index contributed by atoms with van der Waals surface area (Å²) < 4.78 is 5.18. The number of benzene rings is 2. The van der Waals surface area contributed by atoms with Gasteiger partial charge < -0.3 is 15.0 Å². The third-order valence-corrected chi connectivity index (χ3v) is 5.31. The van der Waals surface area contributed by atoms with E-state index in [0.717, 1.165) is 24.8 Å². The Morgan fingerprint density at radius 2 is 1.63 bits per heavy atom. The van der Waals surface area contributed by atoms with Gasteiger partial charge in [-0.2, -0.15) is 0 Å². The minimum atomic E-state index is -0.436. The molecule has 1 N–H and O–H groups in total. The number of nitrogens with one attached hydrogen (secondary N) is 1. The van der Waals surface area contributed by atoms with Crippen LogP contribution in [0.25, 0.3) is 0 Å². The molecule has 0 aliphatic carbocycles. The van der Waals surface area contributed by atoms with Gasteiger partial charge in [-0.3, -0.25) is 14.4 Å². The third kappa shape index (κ3) is 6.72. The molecule has 158 valence electrons. The zero-order chi connectivity index (χ0) is 21.3. The summed E-state index contributed by atoms with van der Waals surface area (Å²) in [6, 6.07) is 17.4. The van der Waals surface area contributed by atoms with Crippen LogP contribution in [0, 0.1) is 5.92 Å². The Bertz CT molecular complexity index is 857. The number of anilines is 1. The second kappa shape index (κ2) is 10.6. The quantitative estimate of drug-likeness (QED) is 0.714. The minimum Gasteiger partial charge on any atom is -0.455 e. The first kappa shape index (κ1) is 21.6. The number of nitrogens with zero attached hydrogens (tertiary/aromatic N) is 1. The summed E-state index contributed by atoms with van der Waals surface area (Å²) in [5, 5.41) is 2.67. The Kier molecular flexibility index (Phi) is 7.60. The van der Waals surface area contributed by atoms with Crippen molar-refractivity contribution in [2.24, 2.45) is 5.92 Å². The number of esters is 1. The smallest absolute Gasteiger partial charge is 0.310 e. The normalized spacial score (nSPS) is 14.2. The second-order valence-corrected chi connectivity index (χ2v) is 7.73. The number of hydrogen-bond acceptors (Lipinski definition) is 4. The van der Waals surface area contributed by atoms with E-state index < -0.39 is 5.97 Å². The first-order valence-corrected chi connectivity index (χ1v) is 10.3. The van der Waals surface area contributed by atoms with Crippen LogP contribution in [-0.2, 0) is 32.0 Å². The molecule has 30 heavy (non-hydrogen) atoms. The van der Waals surface area contributed by atoms with Crippen LogP contribution in [0.4, 0.5) is 5.69 Å². The molecule has 1 aliphatic heterocycles. The fourth-order valence-electron chi connectivity index (χ4n) is 3.69. The molecular weight excluding hydrogens is 380 g/mol. The lowest BCUT2D eigenvalue weighted by molar-refractivity contribution is -0.152.